The predicted octanol–water partition coefficient (Wildman–Crippen LogP) is 0.451. The average molecular weight is 312 g/mol. The third-order valence-electron chi connectivity index (χ3n) is 3.96. The number of aliphatic hydroxyl groups excluding tert-OH is 3. The molecule has 0 spiro atoms. The fourth-order valence-corrected chi connectivity index (χ4v) is 2.39. The molecule has 1 aliphatic rings. The van der Waals surface area contributed by atoms with E-state index in [9.17, 15) is 25.4 Å². The molecule has 0 amide bonds. The zero-order valence-corrected chi connectivity index (χ0v) is 12.6. The van der Waals surface area contributed by atoms with Gasteiger partial charge >= 0.3 is 0 Å². The van der Waals surface area contributed by atoms with E-state index < -0.39 is 35.6 Å². The first-order valence-corrected chi connectivity index (χ1v) is 6.94. The number of nitrogens with zero attached hydrogens (tertiary/aromatic N) is 1. The fourth-order valence-electron chi connectivity index (χ4n) is 2.39. The molecule has 2 rings (SSSR count). The van der Waals surface area contributed by atoms with Gasteiger partial charge in [-0.15, -0.1) is 0 Å². The molecule has 0 aliphatic carbocycles. The van der Waals surface area contributed by atoms with Crippen LogP contribution in [0.4, 0.5) is 11.4 Å². The Balaban J connectivity index is 2.30. The Bertz CT molecular complexity index is 579. The molecular formula is C14H20N2O6. The highest BCUT2D eigenvalue weighted by Gasteiger charge is 2.42. The van der Waals surface area contributed by atoms with Crippen molar-refractivity contribution >= 4 is 11.4 Å². The number of nitro groups is 1. The zero-order chi connectivity index (χ0) is 16.6. The van der Waals surface area contributed by atoms with E-state index in [0.29, 0.717) is 0 Å². The normalized spacial score (nSPS) is 31.8. The van der Waals surface area contributed by atoms with E-state index >= 15 is 0 Å². The molecule has 0 saturated carbocycles. The van der Waals surface area contributed by atoms with Crippen molar-refractivity contribution in [3.63, 3.8) is 0 Å². The molecule has 8 nitrogen and oxygen atoms in total. The third kappa shape index (κ3) is 3.05. The van der Waals surface area contributed by atoms with Gasteiger partial charge in [0, 0.05) is 6.07 Å². The van der Waals surface area contributed by atoms with Crippen molar-refractivity contribution in [2.75, 3.05) is 5.32 Å². The summed E-state index contributed by atoms with van der Waals surface area (Å²) in [5.41, 5.74) is 1.65. The minimum absolute atomic E-state index is 0.146. The monoisotopic (exact) mass is 312 g/mol. The summed E-state index contributed by atoms with van der Waals surface area (Å²) < 4.78 is 5.40. The van der Waals surface area contributed by atoms with Gasteiger partial charge in [0.1, 0.15) is 24.0 Å². The number of nitrogens with one attached hydrogen (secondary N) is 1. The van der Waals surface area contributed by atoms with Gasteiger partial charge in [-0.3, -0.25) is 10.1 Å². The Hall–Kier alpha value is -1.74. The van der Waals surface area contributed by atoms with Crippen molar-refractivity contribution in [1.29, 1.82) is 0 Å². The Labute approximate surface area is 127 Å². The van der Waals surface area contributed by atoms with Gasteiger partial charge in [0.05, 0.1) is 11.0 Å². The minimum Gasteiger partial charge on any atom is -0.388 e. The molecule has 1 heterocycles. The second-order valence-corrected chi connectivity index (χ2v) is 5.59. The fraction of sp³-hybridized carbons (Fsp3) is 0.571. The molecule has 1 aromatic carbocycles. The number of nitro benzene ring substituents is 1. The predicted molar refractivity (Wildman–Crippen MR) is 78.5 cm³/mol. The lowest BCUT2D eigenvalue weighted by Gasteiger charge is -2.39. The van der Waals surface area contributed by atoms with Gasteiger partial charge in [-0.2, -0.15) is 0 Å². The smallest absolute Gasteiger partial charge is 0.292 e. The van der Waals surface area contributed by atoms with E-state index in [1.54, 1.807) is 19.9 Å². The quantitative estimate of drug-likeness (QED) is 0.471. The van der Waals surface area contributed by atoms with E-state index in [-0.39, 0.29) is 11.4 Å². The number of hydrogen-bond donors (Lipinski definition) is 4. The summed E-state index contributed by atoms with van der Waals surface area (Å²) in [7, 11) is 0. The summed E-state index contributed by atoms with van der Waals surface area (Å²) in [6.07, 6.45) is -5.81. The van der Waals surface area contributed by atoms with E-state index in [4.69, 9.17) is 4.74 Å². The summed E-state index contributed by atoms with van der Waals surface area (Å²) in [5.74, 6) is 0. The first-order chi connectivity index (χ1) is 10.2. The molecule has 1 aliphatic heterocycles. The summed E-state index contributed by atoms with van der Waals surface area (Å²) >= 11 is 0. The van der Waals surface area contributed by atoms with Crippen LogP contribution in [0.2, 0.25) is 0 Å². The number of hydrogen-bond acceptors (Lipinski definition) is 7. The molecule has 1 saturated heterocycles. The van der Waals surface area contributed by atoms with Gasteiger partial charge in [-0.05, 0) is 38.0 Å². The van der Waals surface area contributed by atoms with Gasteiger partial charge in [0.2, 0.25) is 0 Å². The van der Waals surface area contributed by atoms with E-state index in [1.165, 1.54) is 6.07 Å². The van der Waals surface area contributed by atoms with Crippen molar-refractivity contribution in [2.24, 2.45) is 0 Å². The number of rotatable bonds is 3. The third-order valence-corrected chi connectivity index (χ3v) is 3.96. The van der Waals surface area contributed by atoms with Crippen molar-refractivity contribution in [1.82, 2.24) is 0 Å². The number of ether oxygens (including phenoxy) is 1. The molecule has 8 heteroatoms. The first-order valence-electron chi connectivity index (χ1n) is 6.94. The van der Waals surface area contributed by atoms with Crippen LogP contribution >= 0.6 is 0 Å². The van der Waals surface area contributed by atoms with Crippen LogP contribution in [0.25, 0.3) is 0 Å². The lowest BCUT2D eigenvalue weighted by molar-refractivity contribution is -0.384. The van der Waals surface area contributed by atoms with E-state index in [2.05, 4.69) is 5.32 Å². The van der Waals surface area contributed by atoms with Gasteiger partial charge in [0.15, 0.2) is 6.23 Å². The number of benzene rings is 1. The van der Waals surface area contributed by atoms with Crippen molar-refractivity contribution in [3.05, 3.63) is 33.4 Å². The Kier molecular flexibility index (Phi) is 4.66. The highest BCUT2D eigenvalue weighted by molar-refractivity contribution is 5.64. The highest BCUT2D eigenvalue weighted by atomic mass is 16.6. The number of aliphatic hydroxyl groups is 3. The molecule has 0 aromatic heterocycles. The molecule has 4 N–H and O–H groups in total. The molecule has 0 unspecified atom stereocenters. The molecule has 5 atom stereocenters. The van der Waals surface area contributed by atoms with Crippen LogP contribution in [0.1, 0.15) is 18.1 Å². The molecule has 22 heavy (non-hydrogen) atoms. The molecule has 0 bridgehead atoms. The van der Waals surface area contributed by atoms with Crippen LogP contribution in [-0.2, 0) is 4.74 Å². The topological polar surface area (TPSA) is 125 Å². The lowest BCUT2D eigenvalue weighted by Crippen LogP contribution is -2.58. The van der Waals surface area contributed by atoms with E-state index in [0.717, 1.165) is 11.1 Å². The Morgan fingerprint density at radius 2 is 1.73 bits per heavy atom. The minimum atomic E-state index is -1.41. The van der Waals surface area contributed by atoms with Crippen LogP contribution in [-0.4, -0.2) is 50.9 Å². The maximum absolute atomic E-state index is 11.2. The van der Waals surface area contributed by atoms with Crippen molar-refractivity contribution in [2.45, 2.75) is 51.4 Å². The maximum atomic E-state index is 11.2. The van der Waals surface area contributed by atoms with Crippen LogP contribution in [0.5, 0.6) is 0 Å². The van der Waals surface area contributed by atoms with Crippen LogP contribution in [0.15, 0.2) is 12.1 Å². The maximum Gasteiger partial charge on any atom is 0.292 e. The van der Waals surface area contributed by atoms with Crippen molar-refractivity contribution in [3.8, 4) is 0 Å². The summed E-state index contributed by atoms with van der Waals surface area (Å²) in [5, 5.41) is 43.3. The second-order valence-electron chi connectivity index (χ2n) is 5.59. The Morgan fingerprint density at radius 1 is 1.14 bits per heavy atom. The Morgan fingerprint density at radius 3 is 2.32 bits per heavy atom. The molecule has 1 fully saturated rings. The van der Waals surface area contributed by atoms with E-state index in [1.807, 2.05) is 6.92 Å². The summed E-state index contributed by atoms with van der Waals surface area (Å²) in [4.78, 5) is 10.6. The van der Waals surface area contributed by atoms with Gasteiger partial charge in [-0.1, -0.05) is 0 Å². The molecule has 122 valence electrons. The van der Waals surface area contributed by atoms with Gasteiger partial charge in [0.25, 0.3) is 5.69 Å². The van der Waals surface area contributed by atoms with Crippen molar-refractivity contribution < 1.29 is 25.0 Å². The van der Waals surface area contributed by atoms with Gasteiger partial charge < -0.3 is 25.4 Å². The highest BCUT2D eigenvalue weighted by Crippen LogP contribution is 2.31. The largest absolute Gasteiger partial charge is 0.388 e. The summed E-state index contributed by atoms with van der Waals surface area (Å²) in [6, 6.07) is 3.02. The molecule has 1 aromatic rings. The van der Waals surface area contributed by atoms with Gasteiger partial charge in [-0.25, -0.2) is 0 Å². The lowest BCUT2D eigenvalue weighted by atomic mass is 9.98. The van der Waals surface area contributed by atoms with Crippen LogP contribution in [0.3, 0.4) is 0 Å². The average Bonchev–Trinajstić information content (AvgIpc) is 2.45. The number of anilines is 1. The molecular weight excluding hydrogens is 292 g/mol. The SMILES string of the molecule is Cc1cc(N[C@H]2O[C@@H](C)[C@@H](O)[C@@H](O)[C@H]2O)c([N+](=O)[O-])cc1C. The number of aryl methyl sites for hydroxylation is 2. The zero-order valence-electron chi connectivity index (χ0n) is 12.6. The van der Waals surface area contributed by atoms with Crippen LogP contribution < -0.4 is 5.32 Å². The molecule has 0 radical (unpaired) electrons. The summed E-state index contributed by atoms with van der Waals surface area (Å²) in [6.45, 7) is 5.12. The second kappa shape index (κ2) is 6.17. The van der Waals surface area contributed by atoms with Crippen LogP contribution in [0, 0.1) is 24.0 Å². The first kappa shape index (κ1) is 16.6. The standard InChI is InChI=1S/C14H20N2O6/c1-6-4-9(10(16(20)21)5-7(6)2)15-14-13(19)12(18)11(17)8(3)22-14/h4-5,8,11-15,17-19H,1-3H3/t8-,11+,12+,13+,14-/m0/s1.